The van der Waals surface area contributed by atoms with E-state index in [1.165, 1.54) is 0 Å². The molecule has 0 saturated carbocycles. The second kappa shape index (κ2) is 6.26. The van der Waals surface area contributed by atoms with Crippen molar-refractivity contribution in [3.63, 3.8) is 0 Å². The van der Waals surface area contributed by atoms with Gasteiger partial charge in [0.2, 0.25) is 0 Å². The van der Waals surface area contributed by atoms with Gasteiger partial charge in [-0.25, -0.2) is 19.6 Å². The van der Waals surface area contributed by atoms with Crippen molar-refractivity contribution < 1.29 is 0 Å². The predicted octanol–water partition coefficient (Wildman–Crippen LogP) is 1.84. The van der Waals surface area contributed by atoms with Crippen molar-refractivity contribution in [2.24, 2.45) is 0 Å². The quantitative estimate of drug-likeness (QED) is 0.796. The number of fused-ring (bicyclic) bond motifs is 1. The summed E-state index contributed by atoms with van der Waals surface area (Å²) < 4.78 is 1.98. The number of nitrogens with one attached hydrogen (secondary N) is 1. The second-order valence-corrected chi connectivity index (χ2v) is 5.76. The third-order valence-corrected chi connectivity index (χ3v) is 4.14. The van der Waals surface area contributed by atoms with Gasteiger partial charge in [0.1, 0.15) is 12.2 Å². The largest absolute Gasteiger partial charge is 0.308 e. The molecule has 0 aliphatic carbocycles. The first-order valence-corrected chi connectivity index (χ1v) is 7.85. The molecule has 3 heterocycles. The van der Waals surface area contributed by atoms with E-state index >= 15 is 0 Å². The monoisotopic (exact) mass is 306 g/mol. The van der Waals surface area contributed by atoms with Crippen molar-refractivity contribution >= 4 is 0 Å². The highest BCUT2D eigenvalue weighted by Crippen LogP contribution is 2.14. The van der Waals surface area contributed by atoms with Crippen LogP contribution in [-0.2, 0) is 19.5 Å². The molecule has 0 spiro atoms. The zero-order valence-electron chi connectivity index (χ0n) is 12.8. The molecule has 6 heteroatoms. The number of benzene rings is 1. The molecule has 1 N–H and O–H groups in total. The zero-order valence-corrected chi connectivity index (χ0v) is 12.8. The van der Waals surface area contributed by atoms with Gasteiger partial charge in [-0.05, 0) is 6.42 Å². The van der Waals surface area contributed by atoms with Crippen molar-refractivity contribution in [2.75, 3.05) is 0 Å². The Balaban J connectivity index is 1.37. The van der Waals surface area contributed by atoms with E-state index in [9.17, 15) is 0 Å². The fourth-order valence-electron chi connectivity index (χ4n) is 2.85. The molecule has 1 aliphatic heterocycles. The van der Waals surface area contributed by atoms with E-state index in [2.05, 4.69) is 25.4 Å². The van der Waals surface area contributed by atoms with Crippen LogP contribution in [0.5, 0.6) is 0 Å². The van der Waals surface area contributed by atoms with E-state index in [0.29, 0.717) is 6.04 Å². The predicted molar refractivity (Wildman–Crippen MR) is 86.4 cm³/mol. The van der Waals surface area contributed by atoms with Crippen LogP contribution in [0.2, 0.25) is 0 Å². The molecular formula is C17H18N6. The zero-order chi connectivity index (χ0) is 15.5. The molecular weight excluding hydrogens is 288 g/mol. The number of aromatic nitrogens is 5. The summed E-state index contributed by atoms with van der Waals surface area (Å²) in [5.74, 6) is 1.85. The Labute approximate surface area is 134 Å². The number of hydrogen-bond donors (Lipinski definition) is 1. The van der Waals surface area contributed by atoms with Gasteiger partial charge in [-0.3, -0.25) is 0 Å². The van der Waals surface area contributed by atoms with Crippen LogP contribution in [0.25, 0.3) is 11.4 Å². The normalized spacial score (nSPS) is 17.0. The average Bonchev–Trinajstić information content (AvgIpc) is 3.09. The van der Waals surface area contributed by atoms with Gasteiger partial charge in [0.15, 0.2) is 5.82 Å². The number of aryl methyl sites for hydroxylation is 1. The number of nitrogens with zero attached hydrogens (tertiary/aromatic N) is 5. The molecule has 0 bridgehead atoms. The van der Waals surface area contributed by atoms with Gasteiger partial charge in [-0.2, -0.15) is 5.10 Å². The van der Waals surface area contributed by atoms with Crippen LogP contribution in [0.3, 0.4) is 0 Å². The van der Waals surface area contributed by atoms with Crippen molar-refractivity contribution in [1.29, 1.82) is 0 Å². The molecule has 0 unspecified atom stereocenters. The highest BCUT2D eigenvalue weighted by atomic mass is 15.3. The van der Waals surface area contributed by atoms with Crippen LogP contribution in [0.15, 0.2) is 49.1 Å². The summed E-state index contributed by atoms with van der Waals surface area (Å²) in [7, 11) is 0. The van der Waals surface area contributed by atoms with Crippen LogP contribution >= 0.6 is 0 Å². The first-order valence-electron chi connectivity index (χ1n) is 7.85. The third-order valence-electron chi connectivity index (χ3n) is 4.14. The van der Waals surface area contributed by atoms with Gasteiger partial charge in [-0.1, -0.05) is 30.3 Å². The van der Waals surface area contributed by atoms with E-state index in [0.717, 1.165) is 48.7 Å². The highest BCUT2D eigenvalue weighted by molar-refractivity contribution is 5.53. The van der Waals surface area contributed by atoms with Gasteiger partial charge in [-0.15, -0.1) is 0 Å². The van der Waals surface area contributed by atoms with Crippen LogP contribution < -0.4 is 5.32 Å². The molecule has 4 rings (SSSR count). The van der Waals surface area contributed by atoms with Crippen molar-refractivity contribution in [2.45, 2.75) is 32.0 Å². The lowest BCUT2D eigenvalue weighted by atomic mass is 10.1. The topological polar surface area (TPSA) is 68.5 Å². The molecule has 1 aliphatic rings. The fraction of sp³-hybridized carbons (Fsp3) is 0.294. The summed E-state index contributed by atoms with van der Waals surface area (Å²) in [6, 6.07) is 10.4. The molecule has 23 heavy (non-hydrogen) atoms. The SMILES string of the molecule is c1ccc(-c2ncc(CN[C@@H]3CCc4ncnn4C3)cn2)cc1. The minimum atomic E-state index is 0.415. The highest BCUT2D eigenvalue weighted by Gasteiger charge is 2.19. The molecule has 116 valence electrons. The minimum Gasteiger partial charge on any atom is -0.308 e. The third kappa shape index (κ3) is 3.12. The standard InChI is InChI=1S/C17H18N6/c1-2-4-14(5-3-1)17-19-9-13(10-20-17)8-18-15-6-7-16-21-12-22-23(16)11-15/h1-5,9-10,12,15,18H,6-8,11H2/t15-/m1/s1. The van der Waals surface area contributed by atoms with Crippen LogP contribution in [-0.4, -0.2) is 30.8 Å². The summed E-state index contributed by atoms with van der Waals surface area (Å²) >= 11 is 0. The lowest BCUT2D eigenvalue weighted by Crippen LogP contribution is -2.37. The van der Waals surface area contributed by atoms with Crippen molar-refractivity contribution in [3.8, 4) is 11.4 Å². The summed E-state index contributed by atoms with van der Waals surface area (Å²) in [6.45, 7) is 1.64. The Morgan fingerprint density at radius 3 is 2.74 bits per heavy atom. The van der Waals surface area contributed by atoms with Gasteiger partial charge < -0.3 is 5.32 Å². The van der Waals surface area contributed by atoms with Crippen LogP contribution in [0, 0.1) is 0 Å². The van der Waals surface area contributed by atoms with E-state index in [4.69, 9.17) is 0 Å². The molecule has 2 aromatic heterocycles. The number of hydrogen-bond acceptors (Lipinski definition) is 5. The summed E-state index contributed by atoms with van der Waals surface area (Å²) in [4.78, 5) is 13.2. The fourth-order valence-corrected chi connectivity index (χ4v) is 2.85. The second-order valence-electron chi connectivity index (χ2n) is 5.76. The molecule has 0 amide bonds. The first kappa shape index (κ1) is 14.0. The van der Waals surface area contributed by atoms with Gasteiger partial charge >= 0.3 is 0 Å². The maximum atomic E-state index is 4.46. The Bertz CT molecular complexity index is 765. The molecule has 0 fully saturated rings. The maximum Gasteiger partial charge on any atom is 0.159 e. The summed E-state index contributed by atoms with van der Waals surface area (Å²) in [5, 5.41) is 7.81. The molecule has 3 aromatic rings. The first-order chi connectivity index (χ1) is 11.4. The molecule has 0 saturated heterocycles. The van der Waals surface area contributed by atoms with E-state index < -0.39 is 0 Å². The van der Waals surface area contributed by atoms with Gasteiger partial charge in [0, 0.05) is 42.5 Å². The minimum absolute atomic E-state index is 0.415. The Morgan fingerprint density at radius 2 is 1.91 bits per heavy atom. The van der Waals surface area contributed by atoms with Crippen molar-refractivity contribution in [3.05, 3.63) is 60.4 Å². The number of rotatable bonds is 4. The van der Waals surface area contributed by atoms with Crippen LogP contribution in [0.4, 0.5) is 0 Å². The molecule has 1 aromatic carbocycles. The lowest BCUT2D eigenvalue weighted by molar-refractivity contribution is 0.358. The smallest absolute Gasteiger partial charge is 0.159 e. The lowest BCUT2D eigenvalue weighted by Gasteiger charge is -2.23. The Hall–Kier alpha value is -2.60. The van der Waals surface area contributed by atoms with E-state index in [1.54, 1.807) is 6.33 Å². The van der Waals surface area contributed by atoms with E-state index in [1.807, 2.05) is 47.4 Å². The molecule has 6 nitrogen and oxygen atoms in total. The average molecular weight is 306 g/mol. The van der Waals surface area contributed by atoms with Crippen molar-refractivity contribution in [1.82, 2.24) is 30.0 Å². The van der Waals surface area contributed by atoms with Gasteiger partial charge in [0.05, 0.1) is 6.54 Å². The Kier molecular flexibility index (Phi) is 3.81. The molecule has 0 radical (unpaired) electrons. The van der Waals surface area contributed by atoms with Gasteiger partial charge in [0.25, 0.3) is 0 Å². The van der Waals surface area contributed by atoms with E-state index in [-0.39, 0.29) is 0 Å². The Morgan fingerprint density at radius 1 is 1.09 bits per heavy atom. The summed E-state index contributed by atoms with van der Waals surface area (Å²) in [5.41, 5.74) is 2.13. The molecule has 1 atom stereocenters. The maximum absolute atomic E-state index is 4.46. The summed E-state index contributed by atoms with van der Waals surface area (Å²) in [6.07, 6.45) is 7.48. The van der Waals surface area contributed by atoms with Crippen LogP contribution in [0.1, 0.15) is 17.8 Å².